The van der Waals surface area contributed by atoms with Gasteiger partial charge in [0.05, 0.1) is 0 Å². The summed E-state index contributed by atoms with van der Waals surface area (Å²) in [7, 11) is 0. The highest BCUT2D eigenvalue weighted by Gasteiger charge is 2.34. The van der Waals surface area contributed by atoms with Crippen LogP contribution in [-0.4, -0.2) is 47.5 Å². The van der Waals surface area contributed by atoms with Crippen LogP contribution in [0.2, 0.25) is 0 Å². The SMILES string of the molecule is CC1CN2CCCC2CN1C(=N)N. The zero-order valence-corrected chi connectivity index (χ0v) is 8.16. The van der Waals surface area contributed by atoms with E-state index in [1.165, 1.54) is 19.4 Å². The first kappa shape index (κ1) is 8.81. The van der Waals surface area contributed by atoms with E-state index >= 15 is 0 Å². The van der Waals surface area contributed by atoms with E-state index in [0.717, 1.165) is 13.1 Å². The van der Waals surface area contributed by atoms with Crippen LogP contribution in [0.3, 0.4) is 0 Å². The summed E-state index contributed by atoms with van der Waals surface area (Å²) in [6.07, 6.45) is 2.58. The molecule has 0 saturated carbocycles. The first-order chi connectivity index (χ1) is 6.18. The molecule has 0 bridgehead atoms. The van der Waals surface area contributed by atoms with Crippen LogP contribution in [0.25, 0.3) is 0 Å². The van der Waals surface area contributed by atoms with Gasteiger partial charge in [0.25, 0.3) is 0 Å². The molecule has 4 nitrogen and oxygen atoms in total. The number of nitrogens with two attached hydrogens (primary N) is 1. The van der Waals surface area contributed by atoms with Gasteiger partial charge in [-0.15, -0.1) is 0 Å². The second kappa shape index (κ2) is 3.18. The van der Waals surface area contributed by atoms with E-state index in [1.54, 1.807) is 0 Å². The van der Waals surface area contributed by atoms with E-state index < -0.39 is 0 Å². The third kappa shape index (κ3) is 1.50. The maximum absolute atomic E-state index is 7.46. The minimum absolute atomic E-state index is 0.235. The van der Waals surface area contributed by atoms with Gasteiger partial charge in [0.1, 0.15) is 0 Å². The van der Waals surface area contributed by atoms with Crippen molar-refractivity contribution in [1.29, 1.82) is 5.41 Å². The molecule has 2 aliphatic heterocycles. The normalized spacial score (nSPS) is 34.7. The van der Waals surface area contributed by atoms with Gasteiger partial charge in [0.15, 0.2) is 5.96 Å². The summed E-state index contributed by atoms with van der Waals surface area (Å²) in [5.74, 6) is 0.235. The molecule has 3 N–H and O–H groups in total. The number of hydrogen-bond acceptors (Lipinski definition) is 2. The van der Waals surface area contributed by atoms with E-state index in [4.69, 9.17) is 11.1 Å². The first-order valence-electron chi connectivity index (χ1n) is 5.03. The van der Waals surface area contributed by atoms with Gasteiger partial charge in [-0.05, 0) is 26.3 Å². The fraction of sp³-hybridized carbons (Fsp3) is 0.889. The number of fused-ring (bicyclic) bond motifs is 1. The number of piperazine rings is 1. The van der Waals surface area contributed by atoms with Gasteiger partial charge < -0.3 is 10.6 Å². The van der Waals surface area contributed by atoms with Crippen molar-refractivity contribution < 1.29 is 0 Å². The molecule has 2 unspecified atom stereocenters. The monoisotopic (exact) mass is 182 g/mol. The molecule has 2 aliphatic rings. The summed E-state index contributed by atoms with van der Waals surface area (Å²) in [6, 6.07) is 1.06. The fourth-order valence-corrected chi connectivity index (χ4v) is 2.52. The molecule has 2 rings (SSSR count). The van der Waals surface area contributed by atoms with Gasteiger partial charge in [0, 0.05) is 25.2 Å². The Labute approximate surface area is 79.2 Å². The molecule has 2 heterocycles. The fourth-order valence-electron chi connectivity index (χ4n) is 2.52. The second-order valence-electron chi connectivity index (χ2n) is 4.18. The molecule has 0 radical (unpaired) electrons. The number of hydrogen-bond donors (Lipinski definition) is 2. The van der Waals surface area contributed by atoms with E-state index in [0.29, 0.717) is 12.1 Å². The smallest absolute Gasteiger partial charge is 0.188 e. The average Bonchev–Trinajstić information content (AvgIpc) is 2.48. The number of nitrogens with one attached hydrogen (secondary N) is 1. The quantitative estimate of drug-likeness (QED) is 0.411. The van der Waals surface area contributed by atoms with Crippen LogP contribution >= 0.6 is 0 Å². The average molecular weight is 182 g/mol. The van der Waals surface area contributed by atoms with Gasteiger partial charge in [-0.2, -0.15) is 0 Å². The molecule has 0 aromatic heterocycles. The molecule has 0 aromatic carbocycles. The lowest BCUT2D eigenvalue weighted by Crippen LogP contribution is -2.58. The second-order valence-corrected chi connectivity index (χ2v) is 4.18. The molecule has 0 spiro atoms. The summed E-state index contributed by atoms with van der Waals surface area (Å²) in [6.45, 7) is 5.41. The predicted molar refractivity (Wildman–Crippen MR) is 52.7 cm³/mol. The zero-order chi connectivity index (χ0) is 9.42. The Hall–Kier alpha value is -0.770. The highest BCUT2D eigenvalue weighted by molar-refractivity contribution is 5.75. The predicted octanol–water partition coefficient (Wildman–Crippen LogP) is 0.0484. The maximum Gasteiger partial charge on any atom is 0.188 e. The molecule has 2 saturated heterocycles. The van der Waals surface area contributed by atoms with Crippen molar-refractivity contribution in [1.82, 2.24) is 9.80 Å². The van der Waals surface area contributed by atoms with Crippen LogP contribution in [0.15, 0.2) is 0 Å². The van der Waals surface area contributed by atoms with Gasteiger partial charge in [0.2, 0.25) is 0 Å². The van der Waals surface area contributed by atoms with Gasteiger partial charge in [-0.1, -0.05) is 0 Å². The number of guanidine groups is 1. The summed E-state index contributed by atoms with van der Waals surface area (Å²) in [5, 5.41) is 7.46. The minimum atomic E-state index is 0.235. The highest BCUT2D eigenvalue weighted by atomic mass is 15.3. The standard InChI is InChI=1S/C9H18N4/c1-7-5-12-4-2-3-8(12)6-13(7)9(10)11/h7-8H,2-6H2,1H3,(H3,10,11). The van der Waals surface area contributed by atoms with E-state index in [9.17, 15) is 0 Å². The Bertz CT molecular complexity index is 216. The Morgan fingerprint density at radius 2 is 2.23 bits per heavy atom. The molecule has 4 heteroatoms. The van der Waals surface area contributed by atoms with Gasteiger partial charge in [-0.3, -0.25) is 10.3 Å². The molecule has 0 aliphatic carbocycles. The molecular weight excluding hydrogens is 164 g/mol. The van der Waals surface area contributed by atoms with Crippen LogP contribution in [0.4, 0.5) is 0 Å². The molecule has 2 fully saturated rings. The molecule has 74 valence electrons. The van der Waals surface area contributed by atoms with Crippen LogP contribution in [0.1, 0.15) is 19.8 Å². The largest absolute Gasteiger partial charge is 0.370 e. The Balaban J connectivity index is 2.05. The third-order valence-electron chi connectivity index (χ3n) is 3.25. The van der Waals surface area contributed by atoms with Crippen molar-refractivity contribution in [3.63, 3.8) is 0 Å². The van der Waals surface area contributed by atoms with Crippen molar-refractivity contribution in [2.75, 3.05) is 19.6 Å². The summed E-state index contributed by atoms with van der Waals surface area (Å²) in [5.41, 5.74) is 5.53. The Morgan fingerprint density at radius 3 is 2.92 bits per heavy atom. The molecule has 0 aromatic rings. The van der Waals surface area contributed by atoms with Crippen molar-refractivity contribution in [2.24, 2.45) is 5.73 Å². The van der Waals surface area contributed by atoms with Crippen LogP contribution < -0.4 is 5.73 Å². The maximum atomic E-state index is 7.46. The van der Waals surface area contributed by atoms with Crippen molar-refractivity contribution in [3.05, 3.63) is 0 Å². The van der Waals surface area contributed by atoms with Crippen molar-refractivity contribution in [3.8, 4) is 0 Å². The lowest BCUT2D eigenvalue weighted by atomic mass is 10.1. The highest BCUT2D eigenvalue weighted by Crippen LogP contribution is 2.23. The van der Waals surface area contributed by atoms with Crippen LogP contribution in [0.5, 0.6) is 0 Å². The molecule has 0 amide bonds. The Kier molecular flexibility index (Phi) is 2.15. The molecular formula is C9H18N4. The van der Waals surface area contributed by atoms with Gasteiger partial charge >= 0.3 is 0 Å². The summed E-state index contributed by atoms with van der Waals surface area (Å²) in [4.78, 5) is 4.55. The summed E-state index contributed by atoms with van der Waals surface area (Å²) >= 11 is 0. The van der Waals surface area contributed by atoms with Gasteiger partial charge in [-0.25, -0.2) is 0 Å². The van der Waals surface area contributed by atoms with E-state index in [-0.39, 0.29) is 5.96 Å². The summed E-state index contributed by atoms with van der Waals surface area (Å²) < 4.78 is 0. The lowest BCUT2D eigenvalue weighted by Gasteiger charge is -2.42. The van der Waals surface area contributed by atoms with E-state index in [2.05, 4.69) is 11.8 Å². The van der Waals surface area contributed by atoms with Crippen LogP contribution in [-0.2, 0) is 0 Å². The lowest BCUT2D eigenvalue weighted by molar-refractivity contribution is 0.107. The molecule has 2 atom stereocenters. The van der Waals surface area contributed by atoms with Crippen LogP contribution in [0, 0.1) is 5.41 Å². The molecule has 13 heavy (non-hydrogen) atoms. The topological polar surface area (TPSA) is 56.4 Å². The first-order valence-corrected chi connectivity index (χ1v) is 5.03. The van der Waals surface area contributed by atoms with Crippen molar-refractivity contribution in [2.45, 2.75) is 31.8 Å². The van der Waals surface area contributed by atoms with Crippen molar-refractivity contribution >= 4 is 5.96 Å². The Morgan fingerprint density at radius 1 is 1.46 bits per heavy atom. The van der Waals surface area contributed by atoms with E-state index in [1.807, 2.05) is 4.90 Å². The number of nitrogens with zero attached hydrogens (tertiary/aromatic N) is 2. The number of rotatable bonds is 0. The zero-order valence-electron chi connectivity index (χ0n) is 8.16. The minimum Gasteiger partial charge on any atom is -0.370 e. The third-order valence-corrected chi connectivity index (χ3v) is 3.25.